The summed E-state index contributed by atoms with van der Waals surface area (Å²) in [5.41, 5.74) is 6.00. The maximum Gasteiger partial charge on any atom is 0.135 e. The first-order valence-corrected chi connectivity index (χ1v) is 16.6. The Bertz CT molecular complexity index is 2330. The van der Waals surface area contributed by atoms with Crippen LogP contribution in [0.1, 0.15) is 85.8 Å². The molecule has 1 heterocycles. The SMILES string of the molecule is Oc1ccc([C@@H]2c3c(O)cc(O)cc3[C@H]3c4c(cc(O)c5c4[C@H]2[C@H](c2ccc(O)cc2)[C@H]5c2cc(O)cc(O)c2)O[C@H]3c2ccc(O)cc2)cc1. The Morgan fingerprint density at radius 3 is 1.47 bits per heavy atom. The number of phenols is 8. The summed E-state index contributed by atoms with van der Waals surface area (Å²) in [6, 6.07) is 29.1. The van der Waals surface area contributed by atoms with Gasteiger partial charge in [0.05, 0.1) is 5.92 Å². The van der Waals surface area contributed by atoms with Crippen LogP contribution in [0.2, 0.25) is 0 Å². The van der Waals surface area contributed by atoms with E-state index < -0.39 is 35.7 Å². The number of hydrogen-bond donors (Lipinski definition) is 8. The molecule has 6 atom stereocenters. The normalized spacial score (nSPS) is 22.5. The molecule has 1 aliphatic heterocycles. The third-order valence-electron chi connectivity index (χ3n) is 10.9. The molecular weight excluding hydrogens is 648 g/mol. The van der Waals surface area contributed by atoms with Gasteiger partial charge in [-0.05, 0) is 88.0 Å². The van der Waals surface area contributed by atoms with Crippen LogP contribution in [-0.4, -0.2) is 40.9 Å². The molecule has 0 saturated carbocycles. The van der Waals surface area contributed by atoms with E-state index in [2.05, 4.69) is 0 Å². The maximum absolute atomic E-state index is 12.1. The van der Waals surface area contributed by atoms with Crippen molar-refractivity contribution in [2.24, 2.45) is 0 Å². The van der Waals surface area contributed by atoms with E-state index in [1.165, 1.54) is 12.1 Å². The van der Waals surface area contributed by atoms with Crippen LogP contribution in [0.4, 0.5) is 0 Å². The molecule has 2 aliphatic carbocycles. The van der Waals surface area contributed by atoms with Crippen LogP contribution in [0, 0.1) is 0 Å². The summed E-state index contributed by atoms with van der Waals surface area (Å²) < 4.78 is 6.70. The summed E-state index contributed by atoms with van der Waals surface area (Å²) >= 11 is 0. The number of fused-ring (bicyclic) bond motifs is 2. The molecule has 0 unspecified atom stereocenters. The topological polar surface area (TPSA) is 171 Å². The molecule has 0 radical (unpaired) electrons. The fourth-order valence-corrected chi connectivity index (χ4v) is 9.08. The number of phenolic OH excluding ortho intramolecular Hbond substituents is 8. The van der Waals surface area contributed by atoms with Gasteiger partial charge in [-0.3, -0.25) is 0 Å². The number of aromatic hydroxyl groups is 8. The standard InChI is InChI=1S/C42H32O9/c43-23-7-1-19(2-8-23)33-35(22-13-26(46)15-27(47)14-22)38-31(50)18-32-39-37(42(51-32)21-5-11-25(45)12-6-21)29-16-28(48)17-30(49)36(29)34(40(33)41(38)39)20-3-9-24(44)10-4-20/h1-18,33-35,37,40,42-50H/t33-,34-,35-,37+,40+,42+/m1/s1. The van der Waals surface area contributed by atoms with E-state index in [1.807, 2.05) is 12.1 Å². The van der Waals surface area contributed by atoms with Crippen LogP contribution in [0.3, 0.4) is 0 Å². The highest BCUT2D eigenvalue weighted by Gasteiger charge is 2.56. The molecule has 0 fully saturated rings. The minimum absolute atomic E-state index is 0.0537. The minimum atomic E-state index is -0.693. The monoisotopic (exact) mass is 680 g/mol. The van der Waals surface area contributed by atoms with Gasteiger partial charge in [-0.25, -0.2) is 0 Å². The van der Waals surface area contributed by atoms with Crippen LogP contribution in [0.15, 0.2) is 109 Å². The van der Waals surface area contributed by atoms with Gasteiger partial charge in [-0.2, -0.15) is 0 Å². The van der Waals surface area contributed by atoms with Gasteiger partial charge in [0, 0.05) is 58.6 Å². The molecule has 8 N–H and O–H groups in total. The van der Waals surface area contributed by atoms with Crippen molar-refractivity contribution in [1.82, 2.24) is 0 Å². The zero-order valence-electron chi connectivity index (χ0n) is 26.8. The Hall–Kier alpha value is -6.48. The maximum atomic E-state index is 12.1. The summed E-state index contributed by atoms with van der Waals surface area (Å²) in [5.74, 6) is -3.02. The molecule has 254 valence electrons. The van der Waals surface area contributed by atoms with Gasteiger partial charge in [0.15, 0.2) is 0 Å². The van der Waals surface area contributed by atoms with Crippen LogP contribution in [-0.2, 0) is 0 Å². The Kier molecular flexibility index (Phi) is 6.60. The molecule has 6 aromatic rings. The Balaban J connectivity index is 1.44. The molecule has 0 spiro atoms. The summed E-state index contributed by atoms with van der Waals surface area (Å²) in [6.07, 6.45) is -0.693. The van der Waals surface area contributed by atoms with Gasteiger partial charge in [-0.1, -0.05) is 36.4 Å². The number of ether oxygens (including phenoxy) is 1. The van der Waals surface area contributed by atoms with Crippen LogP contribution in [0.5, 0.6) is 51.7 Å². The summed E-state index contributed by atoms with van der Waals surface area (Å²) in [4.78, 5) is 0. The van der Waals surface area contributed by atoms with Crippen molar-refractivity contribution < 1.29 is 45.6 Å². The molecule has 3 aliphatic rings. The molecule has 9 rings (SSSR count). The molecule has 0 saturated heterocycles. The third kappa shape index (κ3) is 4.61. The number of rotatable bonds is 4. The zero-order valence-corrected chi connectivity index (χ0v) is 26.8. The largest absolute Gasteiger partial charge is 0.508 e. The van der Waals surface area contributed by atoms with Crippen molar-refractivity contribution in [3.05, 3.63) is 159 Å². The van der Waals surface area contributed by atoms with Gasteiger partial charge < -0.3 is 45.6 Å². The molecule has 0 amide bonds. The van der Waals surface area contributed by atoms with Crippen molar-refractivity contribution in [3.8, 4) is 51.7 Å². The third-order valence-corrected chi connectivity index (χ3v) is 10.9. The molecular formula is C42H32O9. The highest BCUT2D eigenvalue weighted by molar-refractivity contribution is 5.72. The van der Waals surface area contributed by atoms with Gasteiger partial charge in [-0.15, -0.1) is 0 Å². The lowest BCUT2D eigenvalue weighted by atomic mass is 9.69. The quantitative estimate of drug-likeness (QED) is 0.0927. The first-order chi connectivity index (χ1) is 24.6. The first kappa shape index (κ1) is 30.6. The van der Waals surface area contributed by atoms with Gasteiger partial charge in [0.2, 0.25) is 0 Å². The fraction of sp³-hybridized carbons (Fsp3) is 0.143. The van der Waals surface area contributed by atoms with Crippen LogP contribution < -0.4 is 4.74 Å². The van der Waals surface area contributed by atoms with E-state index >= 15 is 0 Å². The average molecular weight is 681 g/mol. The fourth-order valence-electron chi connectivity index (χ4n) is 9.08. The molecule has 9 heteroatoms. The van der Waals surface area contributed by atoms with E-state index in [1.54, 1.807) is 84.9 Å². The van der Waals surface area contributed by atoms with E-state index in [9.17, 15) is 40.9 Å². The predicted molar refractivity (Wildman–Crippen MR) is 186 cm³/mol. The number of benzene rings is 6. The summed E-state index contributed by atoms with van der Waals surface area (Å²) in [6.45, 7) is 0. The van der Waals surface area contributed by atoms with Crippen LogP contribution in [0.25, 0.3) is 0 Å². The van der Waals surface area contributed by atoms with E-state index in [0.29, 0.717) is 28.0 Å². The molecule has 51 heavy (non-hydrogen) atoms. The lowest BCUT2D eigenvalue weighted by Gasteiger charge is -2.34. The van der Waals surface area contributed by atoms with Crippen molar-refractivity contribution >= 4 is 0 Å². The second kappa shape index (κ2) is 11.0. The molecule has 0 aromatic heterocycles. The predicted octanol–water partition coefficient (Wildman–Crippen LogP) is 7.76. The lowest BCUT2D eigenvalue weighted by molar-refractivity contribution is 0.221. The Morgan fingerprint density at radius 2 is 0.863 bits per heavy atom. The van der Waals surface area contributed by atoms with Crippen molar-refractivity contribution in [2.45, 2.75) is 35.7 Å². The molecule has 6 aromatic carbocycles. The second-order valence-corrected chi connectivity index (χ2v) is 13.7. The highest BCUT2D eigenvalue weighted by atomic mass is 16.5. The average Bonchev–Trinajstić information content (AvgIpc) is 3.60. The van der Waals surface area contributed by atoms with E-state index in [0.717, 1.165) is 27.8 Å². The van der Waals surface area contributed by atoms with Crippen molar-refractivity contribution in [3.63, 3.8) is 0 Å². The molecule has 0 bridgehead atoms. The van der Waals surface area contributed by atoms with Gasteiger partial charge in [0.1, 0.15) is 57.8 Å². The van der Waals surface area contributed by atoms with E-state index in [4.69, 9.17) is 4.74 Å². The zero-order chi connectivity index (χ0) is 35.3. The summed E-state index contributed by atoms with van der Waals surface area (Å²) in [5, 5.41) is 87.5. The number of hydrogen-bond acceptors (Lipinski definition) is 9. The Labute approximate surface area is 291 Å². The summed E-state index contributed by atoms with van der Waals surface area (Å²) in [7, 11) is 0. The first-order valence-electron chi connectivity index (χ1n) is 16.6. The van der Waals surface area contributed by atoms with Gasteiger partial charge in [0.25, 0.3) is 0 Å². The Morgan fingerprint density at radius 1 is 0.353 bits per heavy atom. The highest BCUT2D eigenvalue weighted by Crippen LogP contribution is 2.70. The minimum Gasteiger partial charge on any atom is -0.508 e. The van der Waals surface area contributed by atoms with Crippen molar-refractivity contribution in [1.29, 1.82) is 0 Å². The van der Waals surface area contributed by atoms with E-state index in [-0.39, 0.29) is 46.0 Å². The second-order valence-electron chi connectivity index (χ2n) is 13.7. The van der Waals surface area contributed by atoms with Crippen LogP contribution >= 0.6 is 0 Å². The van der Waals surface area contributed by atoms with Gasteiger partial charge >= 0.3 is 0 Å². The smallest absolute Gasteiger partial charge is 0.135 e. The lowest BCUT2D eigenvalue weighted by Crippen LogP contribution is -2.20. The van der Waals surface area contributed by atoms with Crippen molar-refractivity contribution in [2.75, 3.05) is 0 Å². The molecule has 9 nitrogen and oxygen atoms in total.